The maximum absolute atomic E-state index is 6.11. The average Bonchev–Trinajstić information content (AvgIpc) is 2.33. The van der Waals surface area contributed by atoms with Crippen LogP contribution in [0, 0.1) is 0 Å². The molecule has 0 unspecified atom stereocenters. The van der Waals surface area contributed by atoms with Gasteiger partial charge in [0.25, 0.3) is 0 Å². The Labute approximate surface area is 130 Å². The summed E-state index contributed by atoms with van der Waals surface area (Å²) in [5, 5.41) is 4.37. The van der Waals surface area contributed by atoms with Gasteiger partial charge in [0.2, 0.25) is 0 Å². The van der Waals surface area contributed by atoms with Crippen molar-refractivity contribution in [2.45, 2.75) is 19.8 Å². The molecule has 0 radical (unpaired) electrons. The predicted octanol–water partition coefficient (Wildman–Crippen LogP) is 5.24. The van der Waals surface area contributed by atoms with Gasteiger partial charge in [-0.15, -0.1) is 0 Å². The Balaban J connectivity index is 2.29. The lowest BCUT2D eigenvalue weighted by Crippen LogP contribution is -2.01. The average molecular weight is 361 g/mol. The first kappa shape index (κ1) is 14.6. The third-order valence-electron chi connectivity index (χ3n) is 2.41. The third-order valence-corrected chi connectivity index (χ3v) is 3.38. The molecule has 19 heavy (non-hydrogen) atoms. The van der Waals surface area contributed by atoms with E-state index in [9.17, 15) is 0 Å². The lowest BCUT2D eigenvalue weighted by atomic mass is 10.3. The lowest BCUT2D eigenvalue weighted by molar-refractivity contribution is 0.831. The van der Waals surface area contributed by atoms with E-state index in [4.69, 9.17) is 23.2 Å². The Morgan fingerprint density at radius 2 is 2.00 bits per heavy atom. The molecule has 6 heteroatoms. The summed E-state index contributed by atoms with van der Waals surface area (Å²) in [6.07, 6.45) is 1.82. The largest absolute Gasteiger partial charge is 0.339 e. The second-order valence-electron chi connectivity index (χ2n) is 3.99. The van der Waals surface area contributed by atoms with Gasteiger partial charge in [-0.3, -0.25) is 0 Å². The first-order valence-electron chi connectivity index (χ1n) is 5.84. The van der Waals surface area contributed by atoms with Gasteiger partial charge in [0.05, 0.1) is 10.7 Å². The normalized spacial score (nSPS) is 10.5. The zero-order valence-corrected chi connectivity index (χ0v) is 13.3. The van der Waals surface area contributed by atoms with Gasteiger partial charge in [0, 0.05) is 17.5 Å². The molecule has 0 bridgehead atoms. The summed E-state index contributed by atoms with van der Waals surface area (Å²) in [7, 11) is 0. The summed E-state index contributed by atoms with van der Waals surface area (Å²) in [6.45, 7) is 2.09. The zero-order chi connectivity index (χ0) is 13.8. The molecule has 0 fully saturated rings. The van der Waals surface area contributed by atoms with E-state index in [-0.39, 0.29) is 0 Å². The van der Waals surface area contributed by atoms with E-state index in [1.807, 2.05) is 0 Å². The summed E-state index contributed by atoms with van der Waals surface area (Å²) >= 11 is 15.4. The number of nitrogens with zero attached hydrogens (tertiary/aromatic N) is 2. The Bertz CT molecular complexity index is 590. The molecule has 0 saturated carbocycles. The fourth-order valence-corrected chi connectivity index (χ4v) is 2.35. The molecule has 3 nitrogen and oxygen atoms in total. The van der Waals surface area contributed by atoms with Gasteiger partial charge in [-0.25, -0.2) is 9.97 Å². The second-order valence-corrected chi connectivity index (χ2v) is 5.65. The maximum Gasteiger partial charge on any atom is 0.135 e. The molecular formula is C13H12BrCl2N3. The number of aromatic nitrogens is 2. The molecule has 2 rings (SSSR count). The minimum absolute atomic E-state index is 0.594. The van der Waals surface area contributed by atoms with Gasteiger partial charge >= 0.3 is 0 Å². The SMILES string of the molecule is CCCc1nc(Br)cc(Nc2cc(Cl)ccc2Cl)n1. The second kappa shape index (κ2) is 6.55. The fourth-order valence-electron chi connectivity index (χ4n) is 1.60. The van der Waals surface area contributed by atoms with Crippen LogP contribution in [0.1, 0.15) is 19.2 Å². The summed E-state index contributed by atoms with van der Waals surface area (Å²) in [5.41, 5.74) is 0.724. The van der Waals surface area contributed by atoms with E-state index in [0.717, 1.165) is 29.0 Å². The lowest BCUT2D eigenvalue weighted by Gasteiger charge is -2.09. The van der Waals surface area contributed by atoms with Crippen molar-refractivity contribution in [3.05, 3.63) is 44.7 Å². The van der Waals surface area contributed by atoms with Gasteiger partial charge in [-0.05, 0) is 40.5 Å². The van der Waals surface area contributed by atoms with Gasteiger partial charge in [-0.2, -0.15) is 0 Å². The number of hydrogen-bond donors (Lipinski definition) is 1. The molecule has 0 atom stereocenters. The zero-order valence-electron chi connectivity index (χ0n) is 10.3. The molecule has 1 heterocycles. The molecule has 0 spiro atoms. The number of benzene rings is 1. The topological polar surface area (TPSA) is 37.8 Å². The molecule has 0 aliphatic rings. The quantitative estimate of drug-likeness (QED) is 0.757. The van der Waals surface area contributed by atoms with Gasteiger partial charge in [0.1, 0.15) is 16.2 Å². The van der Waals surface area contributed by atoms with Gasteiger partial charge < -0.3 is 5.32 Å². The van der Waals surface area contributed by atoms with Crippen LogP contribution in [0.3, 0.4) is 0 Å². The number of anilines is 2. The Kier molecular flexibility index (Phi) is 5.02. The summed E-state index contributed by atoms with van der Waals surface area (Å²) in [6, 6.07) is 7.05. The van der Waals surface area contributed by atoms with Crippen molar-refractivity contribution >= 4 is 50.6 Å². The van der Waals surface area contributed by atoms with Crippen LogP contribution in [-0.2, 0) is 6.42 Å². The van der Waals surface area contributed by atoms with E-state index >= 15 is 0 Å². The molecule has 0 amide bonds. The first-order chi connectivity index (χ1) is 9.08. The highest BCUT2D eigenvalue weighted by molar-refractivity contribution is 9.10. The highest BCUT2D eigenvalue weighted by Gasteiger charge is 2.06. The van der Waals surface area contributed by atoms with Crippen LogP contribution in [0.15, 0.2) is 28.9 Å². The number of hydrogen-bond acceptors (Lipinski definition) is 3. The van der Waals surface area contributed by atoms with Crippen LogP contribution in [0.25, 0.3) is 0 Å². The maximum atomic E-state index is 6.11. The van der Waals surface area contributed by atoms with E-state index in [1.165, 1.54) is 0 Å². The molecule has 1 aromatic carbocycles. The van der Waals surface area contributed by atoms with Crippen molar-refractivity contribution in [3.63, 3.8) is 0 Å². The number of halogens is 3. The number of nitrogens with one attached hydrogen (secondary N) is 1. The molecule has 1 aromatic heterocycles. The molecule has 0 aliphatic heterocycles. The summed E-state index contributed by atoms with van der Waals surface area (Å²) in [4.78, 5) is 8.75. The van der Waals surface area contributed by atoms with Gasteiger partial charge in [-0.1, -0.05) is 30.1 Å². The highest BCUT2D eigenvalue weighted by Crippen LogP contribution is 2.28. The fraction of sp³-hybridized carbons (Fsp3) is 0.231. The van der Waals surface area contributed by atoms with Crippen LogP contribution in [-0.4, -0.2) is 9.97 Å². The molecule has 1 N–H and O–H groups in total. The van der Waals surface area contributed by atoms with E-state index in [1.54, 1.807) is 24.3 Å². The standard InChI is InChI=1S/C13H12BrCl2N3/c1-2-3-12-18-11(14)7-13(19-12)17-10-6-8(15)4-5-9(10)16/h4-7H,2-3H2,1H3,(H,17,18,19). The van der Waals surface area contributed by atoms with Crippen molar-refractivity contribution in [2.75, 3.05) is 5.32 Å². The molecule has 2 aromatic rings. The minimum atomic E-state index is 0.594. The van der Waals surface area contributed by atoms with Crippen LogP contribution in [0.5, 0.6) is 0 Å². The van der Waals surface area contributed by atoms with E-state index in [0.29, 0.717) is 15.9 Å². The molecular weight excluding hydrogens is 349 g/mol. The summed E-state index contributed by atoms with van der Waals surface area (Å²) in [5.74, 6) is 1.48. The summed E-state index contributed by atoms with van der Waals surface area (Å²) < 4.78 is 0.742. The van der Waals surface area contributed by atoms with Crippen LogP contribution in [0.4, 0.5) is 11.5 Å². The Morgan fingerprint density at radius 3 is 2.74 bits per heavy atom. The predicted molar refractivity (Wildman–Crippen MR) is 83.5 cm³/mol. The van der Waals surface area contributed by atoms with Crippen molar-refractivity contribution < 1.29 is 0 Å². The van der Waals surface area contributed by atoms with Crippen LogP contribution in [0.2, 0.25) is 10.0 Å². The molecule has 0 aliphatic carbocycles. The molecule has 0 saturated heterocycles. The third kappa shape index (κ3) is 4.06. The monoisotopic (exact) mass is 359 g/mol. The van der Waals surface area contributed by atoms with Crippen LogP contribution >= 0.6 is 39.1 Å². The minimum Gasteiger partial charge on any atom is -0.339 e. The van der Waals surface area contributed by atoms with Crippen LogP contribution < -0.4 is 5.32 Å². The van der Waals surface area contributed by atoms with E-state index in [2.05, 4.69) is 38.1 Å². The smallest absolute Gasteiger partial charge is 0.135 e. The van der Waals surface area contributed by atoms with Gasteiger partial charge in [0.15, 0.2) is 0 Å². The van der Waals surface area contributed by atoms with Crippen molar-refractivity contribution in [1.29, 1.82) is 0 Å². The number of rotatable bonds is 4. The first-order valence-corrected chi connectivity index (χ1v) is 7.39. The molecule has 100 valence electrons. The highest BCUT2D eigenvalue weighted by atomic mass is 79.9. The van der Waals surface area contributed by atoms with Crippen molar-refractivity contribution in [3.8, 4) is 0 Å². The van der Waals surface area contributed by atoms with Crippen molar-refractivity contribution in [2.24, 2.45) is 0 Å². The van der Waals surface area contributed by atoms with Crippen molar-refractivity contribution in [1.82, 2.24) is 9.97 Å². The van der Waals surface area contributed by atoms with E-state index < -0.39 is 0 Å². The number of aryl methyl sites for hydroxylation is 1. The Hall–Kier alpha value is -0.840. The Morgan fingerprint density at radius 1 is 1.21 bits per heavy atom.